The normalized spacial score (nSPS) is 14.6. The molecule has 1 aliphatic rings. The van der Waals surface area contributed by atoms with Crippen molar-refractivity contribution in [1.29, 1.82) is 0 Å². The Bertz CT molecular complexity index is 3200. The molecule has 0 aliphatic heterocycles. The second-order valence-electron chi connectivity index (χ2n) is 24.4. The van der Waals surface area contributed by atoms with Gasteiger partial charge in [-0.2, -0.15) is 0 Å². The van der Waals surface area contributed by atoms with Crippen molar-refractivity contribution in [2.75, 3.05) is 26.8 Å². The number of esters is 2. The number of likely N-dealkylation sites (N-methyl/N-ethyl adjacent to an activating group) is 1. The number of amides is 3. The Hall–Kier alpha value is -7.61. The van der Waals surface area contributed by atoms with Crippen molar-refractivity contribution in [1.82, 2.24) is 15.5 Å². The van der Waals surface area contributed by atoms with Crippen molar-refractivity contribution >= 4 is 47.2 Å². The molecule has 1 aliphatic carbocycles. The highest BCUT2D eigenvalue weighted by Gasteiger charge is 2.45. The maximum absolute atomic E-state index is 15.4. The Balaban J connectivity index is 1.08. The van der Waals surface area contributed by atoms with Crippen LogP contribution in [0.5, 0.6) is 0 Å². The first-order chi connectivity index (χ1) is 43.0. The fraction of sp³-hybridized carbons (Fsp3) is 0.440. The largest absolute Gasteiger partial charge is 0.460 e. The van der Waals surface area contributed by atoms with Crippen molar-refractivity contribution in [3.05, 3.63) is 202 Å². The monoisotopic (exact) mass is 1230 g/mol. The van der Waals surface area contributed by atoms with Crippen LogP contribution in [0.15, 0.2) is 158 Å². The smallest absolute Gasteiger partial charge is 0.407 e. The van der Waals surface area contributed by atoms with E-state index in [0.717, 1.165) is 65.5 Å². The summed E-state index contributed by atoms with van der Waals surface area (Å²) in [4.78, 5) is 88.8. The van der Waals surface area contributed by atoms with Crippen molar-refractivity contribution in [2.24, 2.45) is 23.7 Å². The third kappa shape index (κ3) is 18.7. The summed E-state index contributed by atoms with van der Waals surface area (Å²) in [5.74, 6) is -5.49. The van der Waals surface area contributed by atoms with Crippen LogP contribution in [0.3, 0.4) is 0 Å². The van der Waals surface area contributed by atoms with Crippen LogP contribution < -0.4 is 10.6 Å². The number of Topliss-reactive ketones (excluding diaryl/α,β-unsaturated/α-hetero) is 1. The molecule has 7 atom stereocenters. The molecule has 13 nitrogen and oxygen atoms in total. The Morgan fingerprint density at radius 1 is 0.674 bits per heavy atom. The zero-order valence-electron chi connectivity index (χ0n) is 53.4. The number of ketones is 1. The summed E-state index contributed by atoms with van der Waals surface area (Å²) in [6.07, 6.45) is 7.42. The molecule has 0 bridgehead atoms. The number of fused-ring (bicyclic) bond motifs is 3. The number of carbonyl (C=O) groups excluding carboxylic acids is 6. The number of rotatable bonds is 35. The summed E-state index contributed by atoms with van der Waals surface area (Å²) in [5, 5.41) is 6.01. The number of hydrogen-bond donors (Lipinski definition) is 2. The van der Waals surface area contributed by atoms with Crippen molar-refractivity contribution in [3.63, 3.8) is 0 Å². The van der Waals surface area contributed by atoms with E-state index in [2.05, 4.69) is 29.7 Å². The summed E-state index contributed by atoms with van der Waals surface area (Å²) < 4.78 is 25.0. The average Bonchev–Trinajstić information content (AvgIpc) is 1.12. The maximum atomic E-state index is 15.4. The number of nitrogens with zero attached hydrogens (tertiary/aromatic N) is 1. The van der Waals surface area contributed by atoms with Gasteiger partial charge in [0.2, 0.25) is 11.8 Å². The molecule has 474 valence electrons. The Kier molecular flexibility index (Phi) is 26.6. The van der Waals surface area contributed by atoms with Gasteiger partial charge in [-0.3, -0.25) is 24.0 Å². The van der Waals surface area contributed by atoms with E-state index in [0.29, 0.717) is 41.0 Å². The van der Waals surface area contributed by atoms with E-state index >= 15 is 14.4 Å². The molecular weight excluding hydrogens is 1140 g/mol. The topological polar surface area (TPSA) is 167 Å². The highest BCUT2D eigenvalue weighted by molar-refractivity contribution is 6.31. The van der Waals surface area contributed by atoms with Gasteiger partial charge in [0, 0.05) is 41.1 Å². The number of aryl methyl sites for hydroxylation is 1. The first-order valence-electron chi connectivity index (χ1n) is 32.1. The molecule has 0 aromatic heterocycles. The van der Waals surface area contributed by atoms with Crippen LogP contribution in [0.1, 0.15) is 163 Å². The first kappa shape index (κ1) is 68.9. The van der Waals surface area contributed by atoms with Crippen LogP contribution >= 0.6 is 11.6 Å². The quantitative estimate of drug-likeness (QED) is 0.0169. The van der Waals surface area contributed by atoms with Gasteiger partial charge in [-0.15, -0.1) is 0 Å². The van der Waals surface area contributed by atoms with Gasteiger partial charge in [0.15, 0.2) is 11.4 Å². The van der Waals surface area contributed by atoms with Crippen LogP contribution in [0, 0.1) is 30.6 Å². The number of carbonyl (C=O) groups is 6. The molecule has 6 aromatic rings. The summed E-state index contributed by atoms with van der Waals surface area (Å²) >= 11 is 7.07. The van der Waals surface area contributed by atoms with Gasteiger partial charge >= 0.3 is 18.0 Å². The number of halogens is 1. The number of nitrogens with one attached hydrogen (secondary N) is 2. The SMILES string of the molecule is CCCCCCCCCC[C@H](OC(=O)CNC(=O)OCC1c2ccccc2-c2ccccc21)[C@@H](C)C(=O)N(C)[C@@H](CC(C)C)C(=O)N[C@@H](C(=O)C[C@@H](COCc1ccccc1)C(=O)OC(c1ccccc1)(c1ccc(C)cc1)c1ccccc1Cl)[C@H](C)CC. The van der Waals surface area contributed by atoms with Gasteiger partial charge in [0.05, 0.1) is 31.1 Å². The van der Waals surface area contributed by atoms with Crippen LogP contribution in [0.4, 0.5) is 4.79 Å². The molecule has 89 heavy (non-hydrogen) atoms. The summed E-state index contributed by atoms with van der Waals surface area (Å²) in [6.45, 7) is 13.1. The lowest BCUT2D eigenvalue weighted by atomic mass is 9.79. The van der Waals surface area contributed by atoms with Crippen LogP contribution in [0.25, 0.3) is 11.1 Å². The number of alkyl carbamates (subject to hydrolysis) is 1. The molecule has 0 heterocycles. The Morgan fingerprint density at radius 3 is 1.87 bits per heavy atom. The minimum atomic E-state index is -1.57. The Labute approximate surface area is 533 Å². The van der Waals surface area contributed by atoms with Crippen molar-refractivity contribution < 1.29 is 47.7 Å². The highest BCUT2D eigenvalue weighted by Crippen LogP contribution is 2.46. The van der Waals surface area contributed by atoms with E-state index in [9.17, 15) is 14.4 Å². The van der Waals surface area contributed by atoms with Gasteiger partial charge in [-0.05, 0) is 71.9 Å². The predicted molar refractivity (Wildman–Crippen MR) is 351 cm³/mol. The zero-order chi connectivity index (χ0) is 63.9. The van der Waals surface area contributed by atoms with Crippen molar-refractivity contribution in [2.45, 2.75) is 162 Å². The number of hydrogen-bond acceptors (Lipinski definition) is 10. The molecule has 3 amide bonds. The fourth-order valence-corrected chi connectivity index (χ4v) is 12.3. The molecule has 14 heteroatoms. The molecule has 0 fully saturated rings. The number of ether oxygens (including phenoxy) is 4. The van der Waals surface area contributed by atoms with Gasteiger partial charge in [-0.25, -0.2) is 4.79 Å². The van der Waals surface area contributed by atoms with Crippen LogP contribution in [-0.2, 0) is 55.1 Å². The predicted octanol–water partition coefficient (Wildman–Crippen LogP) is 15.3. The second kappa shape index (κ2) is 34.4. The van der Waals surface area contributed by atoms with E-state index in [1.165, 1.54) is 17.7 Å². The van der Waals surface area contributed by atoms with E-state index in [4.69, 9.17) is 30.5 Å². The zero-order valence-corrected chi connectivity index (χ0v) is 54.1. The van der Waals surface area contributed by atoms with Gasteiger partial charge in [0.25, 0.3) is 0 Å². The molecule has 2 N–H and O–H groups in total. The summed E-state index contributed by atoms with van der Waals surface area (Å²) in [5.41, 5.74) is 6.41. The van der Waals surface area contributed by atoms with Crippen molar-refractivity contribution in [3.8, 4) is 11.1 Å². The van der Waals surface area contributed by atoms with Crippen LogP contribution in [0.2, 0.25) is 5.02 Å². The minimum absolute atomic E-state index is 0.0681. The first-order valence-corrected chi connectivity index (χ1v) is 32.4. The average molecular weight is 1230 g/mol. The van der Waals surface area contributed by atoms with E-state index < -0.39 is 83.7 Å². The third-order valence-corrected chi connectivity index (χ3v) is 17.6. The molecule has 1 unspecified atom stereocenters. The fourth-order valence-electron chi connectivity index (χ4n) is 12.0. The molecule has 0 radical (unpaired) electrons. The lowest BCUT2D eigenvalue weighted by Crippen LogP contribution is -2.55. The van der Waals surface area contributed by atoms with E-state index in [1.54, 1.807) is 20.0 Å². The molecular formula is C75H92ClN3O10. The highest BCUT2D eigenvalue weighted by atomic mass is 35.5. The molecule has 0 spiro atoms. The Morgan fingerprint density at radius 2 is 1.25 bits per heavy atom. The van der Waals surface area contributed by atoms with E-state index in [-0.39, 0.29) is 44.5 Å². The second-order valence-corrected chi connectivity index (χ2v) is 24.8. The van der Waals surface area contributed by atoms with Gasteiger partial charge in [-0.1, -0.05) is 262 Å². The molecule has 7 rings (SSSR count). The lowest BCUT2D eigenvalue weighted by molar-refractivity contribution is -0.162. The number of unbranched alkanes of at least 4 members (excludes halogenated alkanes) is 7. The summed E-state index contributed by atoms with van der Waals surface area (Å²) in [6, 6.07) is 47.8. The van der Waals surface area contributed by atoms with Gasteiger partial charge in [0.1, 0.15) is 25.3 Å². The number of benzene rings is 6. The summed E-state index contributed by atoms with van der Waals surface area (Å²) in [7, 11) is 1.57. The maximum Gasteiger partial charge on any atom is 0.407 e. The lowest BCUT2D eigenvalue weighted by Gasteiger charge is -2.37. The van der Waals surface area contributed by atoms with Crippen LogP contribution in [-0.4, -0.2) is 85.5 Å². The minimum Gasteiger partial charge on any atom is -0.460 e. The third-order valence-electron chi connectivity index (χ3n) is 17.3. The molecule has 0 saturated carbocycles. The van der Waals surface area contributed by atoms with E-state index in [1.807, 2.05) is 174 Å². The molecule has 6 aromatic carbocycles. The standard InChI is InChI=1S/C75H92ClN3O10/c1-9-11-12-13-14-15-16-23-40-68(88-69(81)47-77-74(85)87-50-63-61-36-26-24-34-59(61)60-35-25-27-37-62(60)63)54(7)72(83)79(8)66(45-51(3)4)71(82)78-70(53(6)10-2)67(80)46-56(49-86-48-55-30-19-17-20-31-55)73(84)89-75(57-32-21-18-22-33-57,58-43-41-52(5)42-44-58)64-38-28-29-39-65(64)76/h17-22,24-39,41-44,51,53-54,56,63,66,68,70H,9-16,23,40,45-50H2,1-8H3,(H,77,85)(H,78,82)/t53-,54-,56+,66+,68+,70-,75?/m1/s1. The van der Waals surface area contributed by atoms with Gasteiger partial charge < -0.3 is 34.5 Å². The molecule has 0 saturated heterocycles.